The first kappa shape index (κ1) is 13.2. The maximum Gasteiger partial charge on any atom is 0.271 e. The van der Waals surface area contributed by atoms with E-state index in [9.17, 15) is 9.90 Å². The van der Waals surface area contributed by atoms with Gasteiger partial charge in [-0.05, 0) is 5.56 Å². The molecule has 0 saturated carbocycles. The molecular formula is C14H15N3O2. The number of benzene rings is 1. The zero-order valence-electron chi connectivity index (χ0n) is 10.4. The Hall–Kier alpha value is -2.27. The number of aliphatic hydroxyl groups excluding tert-OH is 1. The Bertz CT molecular complexity index is 517. The number of nitrogens with one attached hydrogen (secondary N) is 1. The zero-order chi connectivity index (χ0) is 13.5. The lowest BCUT2D eigenvalue weighted by Gasteiger charge is -2.11. The summed E-state index contributed by atoms with van der Waals surface area (Å²) in [6.07, 6.45) is 4.22. The number of carbonyl (C=O) groups excluding carboxylic acids is 1. The standard InChI is InChI=1S/C14H15N3O2/c18-12(8-11-4-2-1-3-5-11)9-17-14(19)13-10-15-6-7-16-13/h1-7,10,12,18H,8-9H2,(H,17,19). The average molecular weight is 257 g/mol. The molecule has 0 aliphatic heterocycles. The summed E-state index contributed by atoms with van der Waals surface area (Å²) >= 11 is 0. The number of hydrogen-bond acceptors (Lipinski definition) is 4. The molecule has 2 N–H and O–H groups in total. The number of amides is 1. The zero-order valence-corrected chi connectivity index (χ0v) is 10.4. The molecule has 0 fully saturated rings. The molecule has 0 radical (unpaired) electrons. The Labute approximate surface area is 111 Å². The number of rotatable bonds is 5. The van der Waals surface area contributed by atoms with Crippen molar-refractivity contribution in [3.8, 4) is 0 Å². The maximum absolute atomic E-state index is 11.7. The highest BCUT2D eigenvalue weighted by Crippen LogP contribution is 2.02. The molecule has 1 atom stereocenters. The van der Waals surface area contributed by atoms with Crippen LogP contribution in [0.4, 0.5) is 0 Å². The predicted molar refractivity (Wildman–Crippen MR) is 70.5 cm³/mol. The van der Waals surface area contributed by atoms with Crippen molar-refractivity contribution in [2.24, 2.45) is 0 Å². The lowest BCUT2D eigenvalue weighted by atomic mass is 10.1. The molecule has 2 aromatic rings. The van der Waals surface area contributed by atoms with E-state index >= 15 is 0 Å². The molecule has 1 aromatic carbocycles. The third-order valence-corrected chi connectivity index (χ3v) is 2.61. The first-order chi connectivity index (χ1) is 9.25. The Balaban J connectivity index is 1.81. The number of carbonyl (C=O) groups is 1. The minimum absolute atomic E-state index is 0.185. The van der Waals surface area contributed by atoms with Gasteiger partial charge in [-0.3, -0.25) is 9.78 Å². The number of nitrogens with zero attached hydrogens (tertiary/aromatic N) is 2. The van der Waals surface area contributed by atoms with Crippen LogP contribution in [-0.4, -0.2) is 33.6 Å². The van der Waals surface area contributed by atoms with E-state index in [1.165, 1.54) is 18.6 Å². The smallest absolute Gasteiger partial charge is 0.271 e. The van der Waals surface area contributed by atoms with Crippen LogP contribution in [0.5, 0.6) is 0 Å². The Morgan fingerprint density at radius 1 is 1.26 bits per heavy atom. The van der Waals surface area contributed by atoms with Gasteiger partial charge in [0.15, 0.2) is 0 Å². The van der Waals surface area contributed by atoms with Gasteiger partial charge in [-0.15, -0.1) is 0 Å². The van der Waals surface area contributed by atoms with Gasteiger partial charge in [0.2, 0.25) is 0 Å². The predicted octanol–water partition coefficient (Wildman–Crippen LogP) is 0.810. The van der Waals surface area contributed by atoms with Gasteiger partial charge in [-0.25, -0.2) is 4.98 Å². The van der Waals surface area contributed by atoms with Crippen molar-refractivity contribution in [3.05, 3.63) is 60.2 Å². The maximum atomic E-state index is 11.7. The van der Waals surface area contributed by atoms with Gasteiger partial charge in [-0.1, -0.05) is 30.3 Å². The summed E-state index contributed by atoms with van der Waals surface area (Å²) in [6.45, 7) is 0.185. The van der Waals surface area contributed by atoms with E-state index in [0.717, 1.165) is 5.56 Å². The first-order valence-electron chi connectivity index (χ1n) is 6.02. The first-order valence-corrected chi connectivity index (χ1v) is 6.02. The van der Waals surface area contributed by atoms with Crippen molar-refractivity contribution in [1.29, 1.82) is 0 Å². The van der Waals surface area contributed by atoms with Crippen molar-refractivity contribution >= 4 is 5.91 Å². The second-order valence-corrected chi connectivity index (χ2v) is 4.14. The summed E-state index contributed by atoms with van der Waals surface area (Å²) < 4.78 is 0. The SMILES string of the molecule is O=C(NCC(O)Cc1ccccc1)c1cnccn1. The van der Waals surface area contributed by atoms with Crippen LogP contribution in [0.15, 0.2) is 48.9 Å². The Morgan fingerprint density at radius 2 is 2.05 bits per heavy atom. The second kappa shape index (κ2) is 6.61. The van der Waals surface area contributed by atoms with Crippen LogP contribution in [0.2, 0.25) is 0 Å². The fourth-order valence-electron chi connectivity index (χ4n) is 1.68. The van der Waals surface area contributed by atoms with Crippen LogP contribution in [0, 0.1) is 0 Å². The Morgan fingerprint density at radius 3 is 2.74 bits per heavy atom. The van der Waals surface area contributed by atoms with Crippen LogP contribution in [0.1, 0.15) is 16.1 Å². The molecule has 0 spiro atoms. The lowest BCUT2D eigenvalue weighted by Crippen LogP contribution is -2.33. The molecule has 0 bridgehead atoms. The van der Waals surface area contributed by atoms with Gasteiger partial charge < -0.3 is 10.4 Å². The van der Waals surface area contributed by atoms with Gasteiger partial charge in [-0.2, -0.15) is 0 Å². The fourth-order valence-corrected chi connectivity index (χ4v) is 1.68. The van der Waals surface area contributed by atoms with Crippen LogP contribution < -0.4 is 5.32 Å². The van der Waals surface area contributed by atoms with E-state index < -0.39 is 6.10 Å². The van der Waals surface area contributed by atoms with Gasteiger partial charge in [0.1, 0.15) is 5.69 Å². The van der Waals surface area contributed by atoms with Crippen LogP contribution in [0.3, 0.4) is 0 Å². The van der Waals surface area contributed by atoms with E-state index in [4.69, 9.17) is 0 Å². The molecule has 1 unspecified atom stereocenters. The van der Waals surface area contributed by atoms with Gasteiger partial charge >= 0.3 is 0 Å². The van der Waals surface area contributed by atoms with E-state index in [0.29, 0.717) is 6.42 Å². The molecule has 1 amide bonds. The molecule has 1 heterocycles. The highest BCUT2D eigenvalue weighted by molar-refractivity contribution is 5.91. The van der Waals surface area contributed by atoms with Crippen molar-refractivity contribution in [2.75, 3.05) is 6.54 Å². The largest absolute Gasteiger partial charge is 0.391 e. The minimum atomic E-state index is -0.622. The van der Waals surface area contributed by atoms with Gasteiger partial charge in [0.25, 0.3) is 5.91 Å². The normalized spacial score (nSPS) is 11.8. The molecular weight excluding hydrogens is 242 g/mol. The monoisotopic (exact) mass is 257 g/mol. The second-order valence-electron chi connectivity index (χ2n) is 4.14. The van der Waals surface area contributed by atoms with Crippen molar-refractivity contribution < 1.29 is 9.90 Å². The average Bonchev–Trinajstić information content (AvgIpc) is 2.47. The minimum Gasteiger partial charge on any atom is -0.391 e. The highest BCUT2D eigenvalue weighted by Gasteiger charge is 2.10. The van der Waals surface area contributed by atoms with Crippen molar-refractivity contribution in [3.63, 3.8) is 0 Å². The molecule has 0 saturated heterocycles. The van der Waals surface area contributed by atoms with E-state index in [1.807, 2.05) is 30.3 Å². The molecule has 19 heavy (non-hydrogen) atoms. The molecule has 0 aliphatic rings. The third-order valence-electron chi connectivity index (χ3n) is 2.61. The van der Waals surface area contributed by atoms with Crippen LogP contribution >= 0.6 is 0 Å². The number of aromatic nitrogens is 2. The van der Waals surface area contributed by atoms with Crippen molar-refractivity contribution in [2.45, 2.75) is 12.5 Å². The van der Waals surface area contributed by atoms with E-state index in [1.54, 1.807) is 0 Å². The van der Waals surface area contributed by atoms with Gasteiger partial charge in [0, 0.05) is 25.4 Å². The summed E-state index contributed by atoms with van der Waals surface area (Å²) in [6, 6.07) is 9.63. The third kappa shape index (κ3) is 4.15. The Kier molecular flexibility index (Phi) is 4.58. The summed E-state index contributed by atoms with van der Waals surface area (Å²) in [7, 11) is 0. The van der Waals surface area contributed by atoms with Crippen LogP contribution in [0.25, 0.3) is 0 Å². The topological polar surface area (TPSA) is 75.1 Å². The molecule has 5 heteroatoms. The molecule has 0 aliphatic carbocycles. The number of aliphatic hydroxyl groups is 1. The summed E-state index contributed by atoms with van der Waals surface area (Å²) in [5.41, 5.74) is 1.28. The van der Waals surface area contributed by atoms with Crippen molar-refractivity contribution in [1.82, 2.24) is 15.3 Å². The summed E-state index contributed by atoms with van der Waals surface area (Å²) in [4.78, 5) is 19.4. The molecule has 1 aromatic heterocycles. The van der Waals surface area contributed by atoms with E-state index in [2.05, 4.69) is 15.3 Å². The lowest BCUT2D eigenvalue weighted by molar-refractivity contribution is 0.0910. The molecule has 5 nitrogen and oxygen atoms in total. The highest BCUT2D eigenvalue weighted by atomic mass is 16.3. The van der Waals surface area contributed by atoms with Crippen LogP contribution in [-0.2, 0) is 6.42 Å². The summed E-state index contributed by atoms with van der Waals surface area (Å²) in [5, 5.41) is 12.5. The molecule has 2 rings (SSSR count). The number of hydrogen-bond donors (Lipinski definition) is 2. The van der Waals surface area contributed by atoms with Gasteiger partial charge in [0.05, 0.1) is 12.3 Å². The quantitative estimate of drug-likeness (QED) is 0.831. The van der Waals surface area contributed by atoms with E-state index in [-0.39, 0.29) is 18.1 Å². The molecule has 98 valence electrons. The summed E-state index contributed by atoms with van der Waals surface area (Å²) in [5.74, 6) is -0.333. The fraction of sp³-hybridized carbons (Fsp3) is 0.214.